The van der Waals surface area contributed by atoms with E-state index in [1.54, 1.807) is 12.1 Å². The van der Waals surface area contributed by atoms with Crippen LogP contribution in [0.2, 0.25) is 10.0 Å². The number of hydrogen-bond donors (Lipinski definition) is 3. The zero-order valence-electron chi connectivity index (χ0n) is 12.0. The number of likely N-dealkylation sites (N-methyl/N-ethyl adjacent to an activating group) is 1. The number of anilines is 1. The number of benzene rings is 1. The molecule has 1 rings (SSSR count). The van der Waals surface area contributed by atoms with Crippen molar-refractivity contribution in [1.29, 1.82) is 0 Å². The van der Waals surface area contributed by atoms with E-state index in [4.69, 9.17) is 28.9 Å². The molecule has 0 heterocycles. The Bertz CT molecular complexity index is 595. The number of carbonyl (C=O) groups excluding carboxylic acids is 3. The highest BCUT2D eigenvalue weighted by Gasteiger charge is 2.20. The van der Waals surface area contributed by atoms with Crippen molar-refractivity contribution in [3.05, 3.63) is 28.2 Å². The maximum Gasteiger partial charge on any atom is 0.312 e. The number of nitrogens with one attached hydrogen (secondary N) is 2. The van der Waals surface area contributed by atoms with Gasteiger partial charge in [-0.25, -0.2) is 4.79 Å². The number of carbonyl (C=O) groups is 3. The lowest BCUT2D eigenvalue weighted by atomic mass is 10.3. The quantitative estimate of drug-likeness (QED) is 0.751. The second-order valence-corrected chi connectivity index (χ2v) is 5.42. The van der Waals surface area contributed by atoms with E-state index in [1.807, 2.05) is 0 Å². The minimum Gasteiger partial charge on any atom is -0.352 e. The molecule has 22 heavy (non-hydrogen) atoms. The van der Waals surface area contributed by atoms with Gasteiger partial charge in [-0.3, -0.25) is 9.59 Å². The number of nitrogens with two attached hydrogens (primary N) is 1. The van der Waals surface area contributed by atoms with Gasteiger partial charge in [-0.1, -0.05) is 23.2 Å². The Kier molecular flexibility index (Phi) is 6.45. The minimum absolute atomic E-state index is 0.191. The number of amides is 4. The summed E-state index contributed by atoms with van der Waals surface area (Å²) in [5, 5.41) is 5.51. The lowest BCUT2D eigenvalue weighted by Gasteiger charge is -2.21. The lowest BCUT2D eigenvalue weighted by molar-refractivity contribution is -0.134. The maximum absolute atomic E-state index is 11.9. The standard InChI is InChI=1S/C13H16Cl2N4O3/c1-7(17-13(16)22)12(21)19(2)6-11(20)18-8-3-4-9(14)10(15)5-8/h3-5,7H,6H2,1-2H3,(H,18,20)(H3,16,17,22). The van der Waals surface area contributed by atoms with E-state index < -0.39 is 23.9 Å². The summed E-state index contributed by atoms with van der Waals surface area (Å²) in [4.78, 5) is 35.6. The Balaban J connectivity index is 2.58. The molecule has 0 radical (unpaired) electrons. The molecule has 1 atom stereocenters. The summed E-state index contributed by atoms with van der Waals surface area (Å²) in [6.07, 6.45) is 0. The van der Waals surface area contributed by atoms with E-state index >= 15 is 0 Å². The largest absolute Gasteiger partial charge is 0.352 e. The zero-order valence-corrected chi connectivity index (χ0v) is 13.5. The molecule has 4 amide bonds. The van der Waals surface area contributed by atoms with Crippen molar-refractivity contribution in [1.82, 2.24) is 10.2 Å². The highest BCUT2D eigenvalue weighted by molar-refractivity contribution is 6.42. The van der Waals surface area contributed by atoms with E-state index in [2.05, 4.69) is 10.6 Å². The predicted octanol–water partition coefficient (Wildman–Crippen LogP) is 1.45. The number of rotatable bonds is 5. The second kappa shape index (κ2) is 7.86. The van der Waals surface area contributed by atoms with Crippen molar-refractivity contribution in [3.63, 3.8) is 0 Å². The van der Waals surface area contributed by atoms with Gasteiger partial charge >= 0.3 is 6.03 Å². The van der Waals surface area contributed by atoms with Gasteiger partial charge in [0, 0.05) is 12.7 Å². The Hall–Kier alpha value is -1.99. The van der Waals surface area contributed by atoms with Crippen LogP contribution in [0.25, 0.3) is 0 Å². The molecule has 0 aliphatic rings. The minimum atomic E-state index is -0.819. The van der Waals surface area contributed by atoms with Gasteiger partial charge in [-0.2, -0.15) is 0 Å². The second-order valence-electron chi connectivity index (χ2n) is 4.60. The molecule has 0 aliphatic heterocycles. The molecule has 0 bridgehead atoms. The number of urea groups is 1. The third kappa shape index (κ3) is 5.42. The van der Waals surface area contributed by atoms with Crippen molar-refractivity contribution >= 4 is 46.7 Å². The Labute approximate surface area is 137 Å². The average molecular weight is 347 g/mol. The topological polar surface area (TPSA) is 105 Å². The van der Waals surface area contributed by atoms with Gasteiger partial charge in [0.25, 0.3) is 0 Å². The third-order valence-electron chi connectivity index (χ3n) is 2.69. The van der Waals surface area contributed by atoms with Crippen molar-refractivity contribution in [2.24, 2.45) is 5.73 Å². The van der Waals surface area contributed by atoms with E-state index in [1.165, 1.54) is 24.9 Å². The molecule has 0 aromatic heterocycles. The number of hydrogen-bond acceptors (Lipinski definition) is 3. The first-order valence-corrected chi connectivity index (χ1v) is 7.02. The fourth-order valence-corrected chi connectivity index (χ4v) is 1.97. The van der Waals surface area contributed by atoms with E-state index in [0.717, 1.165) is 0 Å². The van der Waals surface area contributed by atoms with Crippen LogP contribution in [-0.4, -0.2) is 42.4 Å². The smallest absolute Gasteiger partial charge is 0.312 e. The number of halogens is 2. The highest BCUT2D eigenvalue weighted by Crippen LogP contribution is 2.24. The lowest BCUT2D eigenvalue weighted by Crippen LogP contribution is -2.48. The van der Waals surface area contributed by atoms with Crippen LogP contribution in [0.1, 0.15) is 6.92 Å². The summed E-state index contributed by atoms with van der Waals surface area (Å²) in [7, 11) is 1.44. The monoisotopic (exact) mass is 346 g/mol. The van der Waals surface area contributed by atoms with Crippen molar-refractivity contribution in [2.45, 2.75) is 13.0 Å². The summed E-state index contributed by atoms with van der Waals surface area (Å²) in [6, 6.07) is 3.01. The van der Waals surface area contributed by atoms with Gasteiger partial charge < -0.3 is 21.3 Å². The Morgan fingerprint density at radius 3 is 2.45 bits per heavy atom. The molecule has 4 N–H and O–H groups in total. The molecule has 0 aliphatic carbocycles. The molecule has 1 aromatic carbocycles. The van der Waals surface area contributed by atoms with Crippen LogP contribution in [-0.2, 0) is 9.59 Å². The van der Waals surface area contributed by atoms with Crippen LogP contribution in [0.5, 0.6) is 0 Å². The van der Waals surface area contributed by atoms with Gasteiger partial charge in [0.2, 0.25) is 11.8 Å². The fraction of sp³-hybridized carbons (Fsp3) is 0.308. The number of primary amides is 1. The molecular weight excluding hydrogens is 331 g/mol. The van der Waals surface area contributed by atoms with Crippen LogP contribution in [0.3, 0.4) is 0 Å². The van der Waals surface area contributed by atoms with Crippen LogP contribution in [0.15, 0.2) is 18.2 Å². The average Bonchev–Trinajstić information content (AvgIpc) is 2.41. The van der Waals surface area contributed by atoms with Gasteiger partial charge in [0.1, 0.15) is 6.04 Å². The first kappa shape index (κ1) is 18.1. The van der Waals surface area contributed by atoms with E-state index in [0.29, 0.717) is 15.7 Å². The van der Waals surface area contributed by atoms with E-state index in [9.17, 15) is 14.4 Å². The molecule has 0 fully saturated rings. The van der Waals surface area contributed by atoms with Gasteiger partial charge in [-0.15, -0.1) is 0 Å². The number of nitrogens with zero attached hydrogens (tertiary/aromatic N) is 1. The summed E-state index contributed by atoms with van der Waals surface area (Å²) in [5.74, 6) is -0.858. The Morgan fingerprint density at radius 1 is 1.27 bits per heavy atom. The van der Waals surface area contributed by atoms with Crippen LogP contribution in [0.4, 0.5) is 10.5 Å². The van der Waals surface area contributed by atoms with Crippen LogP contribution in [0, 0.1) is 0 Å². The van der Waals surface area contributed by atoms with Gasteiger partial charge in [0.05, 0.1) is 16.6 Å². The maximum atomic E-state index is 11.9. The van der Waals surface area contributed by atoms with Gasteiger partial charge in [0.15, 0.2) is 0 Å². The highest BCUT2D eigenvalue weighted by atomic mass is 35.5. The molecule has 9 heteroatoms. The summed E-state index contributed by atoms with van der Waals surface area (Å²) < 4.78 is 0. The Morgan fingerprint density at radius 2 is 1.91 bits per heavy atom. The van der Waals surface area contributed by atoms with Gasteiger partial charge in [-0.05, 0) is 25.1 Å². The normalized spacial score (nSPS) is 11.5. The fourth-order valence-electron chi connectivity index (χ4n) is 1.67. The molecule has 0 spiro atoms. The van der Waals surface area contributed by atoms with E-state index in [-0.39, 0.29) is 6.54 Å². The first-order chi connectivity index (χ1) is 10.2. The predicted molar refractivity (Wildman–Crippen MR) is 84.9 cm³/mol. The molecule has 1 aromatic rings. The zero-order chi connectivity index (χ0) is 16.9. The summed E-state index contributed by atoms with van der Waals surface area (Å²) >= 11 is 11.6. The molecule has 7 nitrogen and oxygen atoms in total. The van der Waals surface area contributed by atoms with Crippen molar-refractivity contribution in [2.75, 3.05) is 18.9 Å². The summed E-state index contributed by atoms with van der Waals surface area (Å²) in [5.41, 5.74) is 5.40. The van der Waals surface area contributed by atoms with Crippen LogP contribution >= 0.6 is 23.2 Å². The molecule has 0 saturated carbocycles. The molecule has 0 saturated heterocycles. The summed E-state index contributed by atoms with van der Waals surface area (Å²) in [6.45, 7) is 1.28. The first-order valence-electron chi connectivity index (χ1n) is 6.26. The van der Waals surface area contributed by atoms with Crippen molar-refractivity contribution < 1.29 is 14.4 Å². The molecule has 1 unspecified atom stereocenters. The molecular formula is C13H16Cl2N4O3. The third-order valence-corrected chi connectivity index (χ3v) is 3.43. The molecule has 120 valence electrons. The SMILES string of the molecule is CC(NC(N)=O)C(=O)N(C)CC(=O)Nc1ccc(Cl)c(Cl)c1. The van der Waals surface area contributed by atoms with Crippen molar-refractivity contribution in [3.8, 4) is 0 Å². The van der Waals surface area contributed by atoms with Crippen LogP contribution < -0.4 is 16.4 Å².